The maximum atomic E-state index is 6.44. The summed E-state index contributed by atoms with van der Waals surface area (Å²) in [6.45, 7) is 4.67. The smallest absolute Gasteiger partial charge is 0.0775 e. The van der Waals surface area contributed by atoms with Crippen LogP contribution in [0.1, 0.15) is 23.7 Å². The quantitative estimate of drug-likeness (QED) is 0.823. The van der Waals surface area contributed by atoms with Gasteiger partial charge in [0.25, 0.3) is 0 Å². The van der Waals surface area contributed by atoms with Crippen molar-refractivity contribution in [2.75, 3.05) is 7.11 Å². The Morgan fingerprint density at radius 2 is 2.12 bits per heavy atom. The van der Waals surface area contributed by atoms with E-state index in [-0.39, 0.29) is 0 Å². The third-order valence-electron chi connectivity index (χ3n) is 2.99. The van der Waals surface area contributed by atoms with Crippen molar-refractivity contribution >= 4 is 22.5 Å². The molecule has 2 nitrogen and oxygen atoms in total. The number of benzene rings is 1. The van der Waals surface area contributed by atoms with E-state index in [2.05, 4.69) is 11.9 Å². The van der Waals surface area contributed by atoms with Crippen LogP contribution in [0.2, 0.25) is 5.02 Å². The van der Waals surface area contributed by atoms with E-state index in [1.165, 1.54) is 0 Å². The average molecular weight is 250 g/mol. The van der Waals surface area contributed by atoms with Crippen molar-refractivity contribution in [2.24, 2.45) is 0 Å². The van der Waals surface area contributed by atoms with Gasteiger partial charge in [-0.1, -0.05) is 36.7 Å². The highest BCUT2D eigenvalue weighted by Crippen LogP contribution is 2.30. The largest absolute Gasteiger partial charge is 0.380 e. The zero-order chi connectivity index (χ0) is 12.4. The number of fused-ring (bicyclic) bond motifs is 1. The van der Waals surface area contributed by atoms with Crippen LogP contribution in [0.25, 0.3) is 10.9 Å². The number of halogens is 1. The van der Waals surface area contributed by atoms with Gasteiger partial charge in [0.15, 0.2) is 0 Å². The van der Waals surface area contributed by atoms with E-state index >= 15 is 0 Å². The monoisotopic (exact) mass is 249 g/mol. The molecule has 0 atom stereocenters. The molecule has 2 rings (SSSR count). The van der Waals surface area contributed by atoms with Crippen LogP contribution in [0.5, 0.6) is 0 Å². The molecule has 0 bridgehead atoms. The summed E-state index contributed by atoms with van der Waals surface area (Å²) < 4.78 is 5.19. The van der Waals surface area contributed by atoms with Crippen molar-refractivity contribution in [1.82, 2.24) is 4.98 Å². The maximum absolute atomic E-state index is 6.44. The van der Waals surface area contributed by atoms with E-state index < -0.39 is 0 Å². The third-order valence-corrected chi connectivity index (χ3v) is 3.42. The Bertz CT molecular complexity index is 551. The summed E-state index contributed by atoms with van der Waals surface area (Å²) in [5, 5.41) is 1.84. The number of hydrogen-bond acceptors (Lipinski definition) is 2. The minimum absolute atomic E-state index is 0.561. The molecule has 0 saturated heterocycles. The summed E-state index contributed by atoms with van der Waals surface area (Å²) in [5.74, 6) is 0. The van der Waals surface area contributed by atoms with Crippen molar-refractivity contribution in [3.8, 4) is 0 Å². The minimum Gasteiger partial charge on any atom is -0.380 e. The van der Waals surface area contributed by atoms with Crippen LogP contribution in [-0.2, 0) is 17.8 Å². The SMILES string of the molecule is CCc1c(C)nc2c(COC)cccc2c1Cl. The summed E-state index contributed by atoms with van der Waals surface area (Å²) in [6, 6.07) is 6.04. The highest BCUT2D eigenvalue weighted by atomic mass is 35.5. The first-order valence-corrected chi connectivity index (χ1v) is 6.12. The lowest BCUT2D eigenvalue weighted by Gasteiger charge is -2.11. The number of aryl methyl sites for hydroxylation is 1. The Morgan fingerprint density at radius 3 is 2.76 bits per heavy atom. The van der Waals surface area contributed by atoms with E-state index in [1.807, 2.05) is 25.1 Å². The number of hydrogen-bond donors (Lipinski definition) is 0. The first kappa shape index (κ1) is 12.3. The lowest BCUT2D eigenvalue weighted by Crippen LogP contribution is -1.98. The number of ether oxygens (including phenoxy) is 1. The molecule has 0 fully saturated rings. The average Bonchev–Trinajstić information content (AvgIpc) is 2.31. The molecule has 0 spiro atoms. The first-order valence-electron chi connectivity index (χ1n) is 5.74. The number of para-hydroxylation sites is 1. The molecule has 0 aliphatic rings. The van der Waals surface area contributed by atoms with Crippen LogP contribution >= 0.6 is 11.6 Å². The Hall–Kier alpha value is -1.12. The molecule has 0 N–H and O–H groups in total. The molecule has 1 aromatic carbocycles. The normalized spacial score (nSPS) is 11.1. The second kappa shape index (κ2) is 5.03. The van der Waals surface area contributed by atoms with Crippen LogP contribution < -0.4 is 0 Å². The molecule has 90 valence electrons. The van der Waals surface area contributed by atoms with Crippen molar-refractivity contribution in [1.29, 1.82) is 0 Å². The highest BCUT2D eigenvalue weighted by molar-refractivity contribution is 6.36. The van der Waals surface area contributed by atoms with Gasteiger partial charge in [-0.3, -0.25) is 4.98 Å². The van der Waals surface area contributed by atoms with Gasteiger partial charge in [-0.15, -0.1) is 0 Å². The molecular formula is C14H16ClNO. The van der Waals surface area contributed by atoms with Crippen molar-refractivity contribution in [3.63, 3.8) is 0 Å². The van der Waals surface area contributed by atoms with Crippen LogP contribution in [0.3, 0.4) is 0 Å². The van der Waals surface area contributed by atoms with E-state index in [1.54, 1.807) is 7.11 Å². The van der Waals surface area contributed by atoms with Crippen LogP contribution in [0, 0.1) is 6.92 Å². The van der Waals surface area contributed by atoms with Gasteiger partial charge in [-0.2, -0.15) is 0 Å². The Kier molecular flexibility index (Phi) is 3.65. The molecule has 0 unspecified atom stereocenters. The van der Waals surface area contributed by atoms with Gasteiger partial charge < -0.3 is 4.74 Å². The topological polar surface area (TPSA) is 22.1 Å². The van der Waals surface area contributed by atoms with Crippen molar-refractivity contribution in [2.45, 2.75) is 26.9 Å². The third kappa shape index (κ3) is 2.15. The molecule has 0 aliphatic heterocycles. The van der Waals surface area contributed by atoms with E-state index in [0.29, 0.717) is 6.61 Å². The predicted molar refractivity (Wildman–Crippen MR) is 71.6 cm³/mol. The number of methoxy groups -OCH3 is 1. The number of rotatable bonds is 3. The molecule has 17 heavy (non-hydrogen) atoms. The molecule has 0 amide bonds. The zero-order valence-electron chi connectivity index (χ0n) is 10.4. The molecule has 1 aromatic heterocycles. The van der Waals surface area contributed by atoms with E-state index in [4.69, 9.17) is 16.3 Å². The maximum Gasteiger partial charge on any atom is 0.0775 e. The first-order chi connectivity index (χ1) is 8.19. The Morgan fingerprint density at radius 1 is 1.35 bits per heavy atom. The zero-order valence-corrected chi connectivity index (χ0v) is 11.1. The minimum atomic E-state index is 0.561. The molecule has 3 heteroatoms. The fourth-order valence-corrected chi connectivity index (χ4v) is 2.56. The number of aromatic nitrogens is 1. The van der Waals surface area contributed by atoms with Gasteiger partial charge in [0.1, 0.15) is 0 Å². The van der Waals surface area contributed by atoms with E-state index in [0.717, 1.165) is 39.2 Å². The molecular weight excluding hydrogens is 234 g/mol. The molecule has 1 heterocycles. The molecule has 0 saturated carbocycles. The van der Waals surface area contributed by atoms with Crippen LogP contribution in [-0.4, -0.2) is 12.1 Å². The van der Waals surface area contributed by atoms with Gasteiger partial charge in [0.05, 0.1) is 17.1 Å². The van der Waals surface area contributed by atoms with Gasteiger partial charge in [0.2, 0.25) is 0 Å². The number of nitrogens with zero attached hydrogens (tertiary/aromatic N) is 1. The Balaban J connectivity index is 2.76. The Labute approximate surface area is 107 Å². The summed E-state index contributed by atoms with van der Waals surface area (Å²) >= 11 is 6.44. The summed E-state index contributed by atoms with van der Waals surface area (Å²) in [5.41, 5.74) is 4.17. The van der Waals surface area contributed by atoms with Crippen molar-refractivity contribution in [3.05, 3.63) is 40.0 Å². The van der Waals surface area contributed by atoms with E-state index in [9.17, 15) is 0 Å². The second-order valence-electron chi connectivity index (χ2n) is 4.09. The standard InChI is InChI=1S/C14H16ClNO/c1-4-11-9(2)16-14-10(8-17-3)6-5-7-12(14)13(11)15/h5-7H,4,8H2,1-3H3. The van der Waals surface area contributed by atoms with Crippen molar-refractivity contribution < 1.29 is 4.74 Å². The van der Waals surface area contributed by atoms with Crippen LogP contribution in [0.4, 0.5) is 0 Å². The van der Waals surface area contributed by atoms with Crippen LogP contribution in [0.15, 0.2) is 18.2 Å². The predicted octanol–water partition coefficient (Wildman–Crippen LogP) is 3.91. The summed E-state index contributed by atoms with van der Waals surface area (Å²) in [7, 11) is 1.69. The van der Waals surface area contributed by atoms with Gasteiger partial charge in [-0.05, 0) is 18.9 Å². The lowest BCUT2D eigenvalue weighted by molar-refractivity contribution is 0.186. The fraction of sp³-hybridized carbons (Fsp3) is 0.357. The molecule has 0 radical (unpaired) electrons. The van der Waals surface area contributed by atoms with Gasteiger partial charge in [0, 0.05) is 23.8 Å². The summed E-state index contributed by atoms with van der Waals surface area (Å²) in [4.78, 5) is 4.66. The summed E-state index contributed by atoms with van der Waals surface area (Å²) in [6.07, 6.45) is 0.905. The number of pyridine rings is 1. The molecule has 0 aliphatic carbocycles. The highest BCUT2D eigenvalue weighted by Gasteiger charge is 2.11. The van der Waals surface area contributed by atoms with Gasteiger partial charge in [-0.25, -0.2) is 0 Å². The fourth-order valence-electron chi connectivity index (χ4n) is 2.14. The second-order valence-corrected chi connectivity index (χ2v) is 4.47. The van der Waals surface area contributed by atoms with Gasteiger partial charge >= 0.3 is 0 Å². The lowest BCUT2D eigenvalue weighted by atomic mass is 10.0. The molecule has 2 aromatic rings.